The standard InChI is InChI=1S/C5H5N3/c1-8-4-7-3-5(8)2-6/h3-4H,1H3. The van der Waals surface area contributed by atoms with Crippen LogP contribution in [0.4, 0.5) is 0 Å². The van der Waals surface area contributed by atoms with Gasteiger partial charge in [-0.05, 0) is 0 Å². The van der Waals surface area contributed by atoms with E-state index in [1.165, 1.54) is 6.20 Å². The first-order chi connectivity index (χ1) is 3.84. The third kappa shape index (κ3) is 0.562. The van der Waals surface area contributed by atoms with Crippen molar-refractivity contribution >= 4 is 0 Å². The summed E-state index contributed by atoms with van der Waals surface area (Å²) in [6.45, 7) is 0. The van der Waals surface area contributed by atoms with Crippen LogP contribution in [0.5, 0.6) is 0 Å². The zero-order valence-corrected chi connectivity index (χ0v) is 4.50. The Morgan fingerprint density at radius 3 is 2.88 bits per heavy atom. The van der Waals surface area contributed by atoms with Crippen LogP contribution in [0.1, 0.15) is 5.69 Å². The van der Waals surface area contributed by atoms with Gasteiger partial charge in [0, 0.05) is 7.05 Å². The molecule has 0 N–H and O–H groups in total. The van der Waals surface area contributed by atoms with E-state index in [2.05, 4.69) is 4.98 Å². The summed E-state index contributed by atoms with van der Waals surface area (Å²) in [5.41, 5.74) is 0.588. The number of hydrogen-bond acceptors (Lipinski definition) is 2. The predicted octanol–water partition coefficient (Wildman–Crippen LogP) is 0.292. The Morgan fingerprint density at radius 2 is 2.62 bits per heavy atom. The molecule has 1 aromatic rings. The molecule has 0 unspecified atom stereocenters. The largest absolute Gasteiger partial charge is 0.326 e. The van der Waals surface area contributed by atoms with Gasteiger partial charge in [-0.25, -0.2) is 4.98 Å². The van der Waals surface area contributed by atoms with E-state index in [0.29, 0.717) is 5.69 Å². The van der Waals surface area contributed by atoms with E-state index in [0.717, 1.165) is 0 Å². The van der Waals surface area contributed by atoms with Crippen molar-refractivity contribution in [2.45, 2.75) is 0 Å². The Morgan fingerprint density at radius 1 is 1.88 bits per heavy atom. The first-order valence-corrected chi connectivity index (χ1v) is 2.21. The number of imidazole rings is 1. The van der Waals surface area contributed by atoms with Gasteiger partial charge >= 0.3 is 0 Å². The quantitative estimate of drug-likeness (QED) is 0.478. The monoisotopic (exact) mass is 107 g/mol. The summed E-state index contributed by atoms with van der Waals surface area (Å²) in [6.07, 6.45) is 3.12. The van der Waals surface area contributed by atoms with Crippen LogP contribution in [0.2, 0.25) is 0 Å². The van der Waals surface area contributed by atoms with E-state index in [1.807, 2.05) is 6.07 Å². The van der Waals surface area contributed by atoms with Gasteiger partial charge < -0.3 is 4.57 Å². The summed E-state index contributed by atoms with van der Waals surface area (Å²) in [6, 6.07) is 1.98. The lowest BCUT2D eigenvalue weighted by atomic mass is 10.5. The van der Waals surface area contributed by atoms with Crippen molar-refractivity contribution in [2.75, 3.05) is 0 Å². The van der Waals surface area contributed by atoms with Crippen molar-refractivity contribution in [3.05, 3.63) is 18.2 Å². The molecule has 0 radical (unpaired) electrons. The van der Waals surface area contributed by atoms with Crippen LogP contribution in [-0.4, -0.2) is 9.55 Å². The van der Waals surface area contributed by atoms with Crippen LogP contribution in [0.3, 0.4) is 0 Å². The van der Waals surface area contributed by atoms with Crippen molar-refractivity contribution < 1.29 is 0 Å². The summed E-state index contributed by atoms with van der Waals surface area (Å²) in [7, 11) is 1.78. The molecular weight excluding hydrogens is 102 g/mol. The molecule has 0 spiro atoms. The Kier molecular flexibility index (Phi) is 1.01. The third-order valence-electron chi connectivity index (χ3n) is 0.931. The molecule has 0 aliphatic carbocycles. The van der Waals surface area contributed by atoms with E-state index >= 15 is 0 Å². The van der Waals surface area contributed by atoms with Gasteiger partial charge in [-0.3, -0.25) is 0 Å². The van der Waals surface area contributed by atoms with Crippen molar-refractivity contribution in [2.24, 2.45) is 7.05 Å². The average Bonchev–Trinajstić information content (AvgIpc) is 2.14. The predicted molar refractivity (Wildman–Crippen MR) is 27.9 cm³/mol. The summed E-state index contributed by atoms with van der Waals surface area (Å²) in [5.74, 6) is 0. The molecule has 0 aromatic carbocycles. The summed E-state index contributed by atoms with van der Waals surface area (Å²) >= 11 is 0. The van der Waals surface area contributed by atoms with Crippen LogP contribution < -0.4 is 0 Å². The van der Waals surface area contributed by atoms with Gasteiger partial charge in [-0.2, -0.15) is 5.26 Å². The first-order valence-electron chi connectivity index (χ1n) is 2.21. The number of hydrogen-bond donors (Lipinski definition) is 0. The number of nitriles is 1. The summed E-state index contributed by atoms with van der Waals surface area (Å²) in [4.78, 5) is 3.73. The second kappa shape index (κ2) is 1.66. The molecule has 0 aliphatic heterocycles. The van der Waals surface area contributed by atoms with E-state index in [1.54, 1.807) is 17.9 Å². The third-order valence-corrected chi connectivity index (χ3v) is 0.931. The van der Waals surface area contributed by atoms with Crippen LogP contribution >= 0.6 is 0 Å². The number of aromatic nitrogens is 2. The molecule has 8 heavy (non-hydrogen) atoms. The van der Waals surface area contributed by atoms with Crippen LogP contribution in [-0.2, 0) is 7.05 Å². The van der Waals surface area contributed by atoms with E-state index in [-0.39, 0.29) is 0 Å². The number of nitrogens with zero attached hydrogens (tertiary/aromatic N) is 3. The molecule has 40 valence electrons. The normalized spacial score (nSPS) is 8.50. The number of rotatable bonds is 0. The Bertz CT molecular complexity index is 218. The van der Waals surface area contributed by atoms with Crippen molar-refractivity contribution in [1.29, 1.82) is 5.26 Å². The lowest BCUT2D eigenvalue weighted by Gasteiger charge is -1.84. The average molecular weight is 107 g/mol. The van der Waals surface area contributed by atoms with Crippen molar-refractivity contribution in [3.63, 3.8) is 0 Å². The SMILES string of the molecule is Cn1cncc1C#N. The van der Waals surface area contributed by atoms with E-state index in [4.69, 9.17) is 5.26 Å². The van der Waals surface area contributed by atoms with Crippen LogP contribution in [0.15, 0.2) is 12.5 Å². The maximum Gasteiger partial charge on any atom is 0.139 e. The van der Waals surface area contributed by atoms with Gasteiger partial charge in [0.15, 0.2) is 0 Å². The lowest BCUT2D eigenvalue weighted by Crippen LogP contribution is -1.86. The highest BCUT2D eigenvalue weighted by Crippen LogP contribution is 1.89. The Balaban J connectivity index is 3.15. The highest BCUT2D eigenvalue weighted by molar-refractivity contribution is 5.16. The van der Waals surface area contributed by atoms with Gasteiger partial charge in [0.2, 0.25) is 0 Å². The minimum absolute atomic E-state index is 0.588. The molecule has 0 fully saturated rings. The summed E-state index contributed by atoms with van der Waals surface area (Å²) in [5, 5.41) is 8.30. The Hall–Kier alpha value is -1.30. The van der Waals surface area contributed by atoms with E-state index in [9.17, 15) is 0 Å². The molecule has 0 atom stereocenters. The fraction of sp³-hybridized carbons (Fsp3) is 0.200. The zero-order valence-electron chi connectivity index (χ0n) is 4.50. The summed E-state index contributed by atoms with van der Waals surface area (Å²) < 4.78 is 1.67. The zero-order chi connectivity index (χ0) is 5.98. The highest BCUT2D eigenvalue weighted by Gasteiger charge is 1.90. The fourth-order valence-corrected chi connectivity index (χ4v) is 0.465. The highest BCUT2D eigenvalue weighted by atomic mass is 15.0. The van der Waals surface area contributed by atoms with Crippen LogP contribution in [0.25, 0.3) is 0 Å². The van der Waals surface area contributed by atoms with Gasteiger partial charge in [0.05, 0.1) is 12.5 Å². The lowest BCUT2D eigenvalue weighted by molar-refractivity contribution is 0.896. The molecule has 0 bridgehead atoms. The molecule has 1 rings (SSSR count). The molecule has 0 saturated heterocycles. The number of aryl methyl sites for hydroxylation is 1. The molecule has 1 aromatic heterocycles. The minimum Gasteiger partial charge on any atom is -0.326 e. The molecule has 0 amide bonds. The first kappa shape index (κ1) is 4.85. The van der Waals surface area contributed by atoms with Gasteiger partial charge in [0.25, 0.3) is 0 Å². The van der Waals surface area contributed by atoms with Crippen molar-refractivity contribution in [1.82, 2.24) is 9.55 Å². The molecule has 1 heterocycles. The molecule has 3 nitrogen and oxygen atoms in total. The maximum atomic E-state index is 8.30. The smallest absolute Gasteiger partial charge is 0.139 e. The molecule has 3 heteroatoms. The van der Waals surface area contributed by atoms with Gasteiger partial charge in [0.1, 0.15) is 11.8 Å². The van der Waals surface area contributed by atoms with Crippen molar-refractivity contribution in [3.8, 4) is 6.07 Å². The second-order valence-corrected chi connectivity index (χ2v) is 1.50. The molecule has 0 saturated carbocycles. The fourth-order valence-electron chi connectivity index (χ4n) is 0.465. The molecular formula is C5H5N3. The second-order valence-electron chi connectivity index (χ2n) is 1.50. The van der Waals surface area contributed by atoms with Gasteiger partial charge in [-0.15, -0.1) is 0 Å². The molecule has 0 aliphatic rings. The Labute approximate surface area is 47.2 Å². The maximum absolute atomic E-state index is 8.30. The van der Waals surface area contributed by atoms with Crippen LogP contribution in [0, 0.1) is 11.3 Å². The minimum atomic E-state index is 0.588. The van der Waals surface area contributed by atoms with E-state index < -0.39 is 0 Å². The topological polar surface area (TPSA) is 41.6 Å². The van der Waals surface area contributed by atoms with Gasteiger partial charge in [-0.1, -0.05) is 0 Å².